The van der Waals surface area contributed by atoms with Gasteiger partial charge in [-0.2, -0.15) is 0 Å². The minimum absolute atomic E-state index is 0.0144. The van der Waals surface area contributed by atoms with E-state index in [0.717, 1.165) is 24.7 Å². The highest BCUT2D eigenvalue weighted by atomic mass is 35.5. The molecule has 1 fully saturated rings. The van der Waals surface area contributed by atoms with Crippen molar-refractivity contribution in [1.29, 1.82) is 0 Å². The van der Waals surface area contributed by atoms with Gasteiger partial charge in [-0.05, 0) is 43.6 Å². The van der Waals surface area contributed by atoms with Crippen molar-refractivity contribution in [2.45, 2.75) is 73.4 Å². The topological polar surface area (TPSA) is 108 Å². The van der Waals surface area contributed by atoms with Gasteiger partial charge in [0, 0.05) is 40.3 Å². The smallest absolute Gasteiger partial charge is 0.240 e. The number of aliphatic hydroxyl groups is 1. The quantitative estimate of drug-likeness (QED) is 0.234. The van der Waals surface area contributed by atoms with Crippen LogP contribution >= 0.6 is 11.6 Å². The molecule has 1 aromatic carbocycles. The van der Waals surface area contributed by atoms with Gasteiger partial charge >= 0.3 is 0 Å². The van der Waals surface area contributed by atoms with Crippen LogP contribution in [0.2, 0.25) is 0 Å². The fourth-order valence-electron chi connectivity index (χ4n) is 3.46. The van der Waals surface area contributed by atoms with Crippen LogP contribution in [0, 0.1) is 18.3 Å². The largest absolute Gasteiger partial charge is 0.411 e. The van der Waals surface area contributed by atoms with Crippen LogP contribution in [0.5, 0.6) is 0 Å². The number of rotatable bonds is 4. The second-order valence-electron chi connectivity index (χ2n) is 8.81. The predicted molar refractivity (Wildman–Crippen MR) is 145 cm³/mol. The number of carbonyl (C=O) groups is 1. The van der Waals surface area contributed by atoms with E-state index < -0.39 is 6.04 Å². The number of likely N-dealkylation sites (tertiary alicyclic amines) is 1. The van der Waals surface area contributed by atoms with E-state index >= 15 is 0 Å². The van der Waals surface area contributed by atoms with E-state index in [1.807, 2.05) is 70.7 Å². The average molecular weight is 504 g/mol. The summed E-state index contributed by atoms with van der Waals surface area (Å²) in [6.07, 6.45) is 3.02. The van der Waals surface area contributed by atoms with Crippen LogP contribution in [0.25, 0.3) is 0 Å². The van der Waals surface area contributed by atoms with E-state index in [0.29, 0.717) is 18.7 Å². The van der Waals surface area contributed by atoms with Crippen molar-refractivity contribution in [2.75, 3.05) is 34.3 Å². The zero-order valence-corrected chi connectivity index (χ0v) is 24.0. The Labute approximate surface area is 213 Å². The van der Waals surface area contributed by atoms with Gasteiger partial charge < -0.3 is 25.7 Å². The second kappa shape index (κ2) is 20.7. The lowest BCUT2D eigenvalue weighted by Gasteiger charge is -2.32. The molecular weight excluding hydrogens is 454 g/mol. The third-order valence-electron chi connectivity index (χ3n) is 5.10. The summed E-state index contributed by atoms with van der Waals surface area (Å²) in [7, 11) is 4.25. The lowest BCUT2D eigenvalue weighted by molar-refractivity contribution is -0.135. The molecule has 0 radical (unpaired) electrons. The number of halogens is 1. The summed E-state index contributed by atoms with van der Waals surface area (Å²) in [6, 6.07) is 7.61. The Bertz CT molecular complexity index is 678. The van der Waals surface area contributed by atoms with Crippen LogP contribution in [0.4, 0.5) is 0 Å². The number of nitrogens with two attached hydrogens (primary N) is 1. The average Bonchev–Trinajstić information content (AvgIpc) is 3.20. The first-order chi connectivity index (χ1) is 16.0. The first-order valence-electron chi connectivity index (χ1n) is 11.6. The van der Waals surface area contributed by atoms with Crippen molar-refractivity contribution in [3.05, 3.63) is 35.4 Å². The van der Waals surface area contributed by atoms with Crippen molar-refractivity contribution in [3.8, 4) is 0 Å². The van der Waals surface area contributed by atoms with Crippen LogP contribution < -0.4 is 5.73 Å². The van der Waals surface area contributed by atoms with Gasteiger partial charge in [0.1, 0.15) is 0 Å². The predicted octanol–water partition coefficient (Wildman–Crippen LogP) is 4.93. The summed E-state index contributed by atoms with van der Waals surface area (Å²) in [5.74, 6) is 0.290. The molecule has 0 aliphatic carbocycles. The lowest BCUT2D eigenvalue weighted by Crippen LogP contribution is -2.51. The van der Waals surface area contributed by atoms with Gasteiger partial charge in [-0.15, -0.1) is 11.6 Å². The molecule has 0 aromatic heterocycles. The molecule has 34 heavy (non-hydrogen) atoms. The molecule has 7 nitrogen and oxygen atoms in total. The number of carbonyl (C=O) groups excluding carboxylic acids is 1. The number of hydrogen-bond donors (Lipinski definition) is 3. The molecule has 1 aliphatic rings. The minimum Gasteiger partial charge on any atom is -0.411 e. The van der Waals surface area contributed by atoms with Gasteiger partial charge in [-0.25, -0.2) is 0 Å². The SMILES string of the molecule is CC.CCl.CO.COC.Cc1cccc(/C(CC2CC(C)N(C(=O)C(N)C(C)(C)C)C2)=N/O)c1. The zero-order chi connectivity index (χ0) is 27.5. The molecule has 2 rings (SSSR count). The summed E-state index contributed by atoms with van der Waals surface area (Å²) in [6.45, 7) is 14.7. The Morgan fingerprint density at radius 3 is 2.18 bits per heavy atom. The van der Waals surface area contributed by atoms with Crippen molar-refractivity contribution in [1.82, 2.24) is 4.90 Å². The maximum atomic E-state index is 12.7. The van der Waals surface area contributed by atoms with E-state index in [1.54, 1.807) is 14.2 Å². The van der Waals surface area contributed by atoms with Crippen molar-refractivity contribution in [2.24, 2.45) is 22.2 Å². The van der Waals surface area contributed by atoms with Gasteiger partial charge in [-0.1, -0.05) is 69.6 Å². The molecule has 1 aliphatic heterocycles. The van der Waals surface area contributed by atoms with Crippen LogP contribution in [0.1, 0.15) is 65.5 Å². The molecule has 1 heterocycles. The highest BCUT2D eigenvalue weighted by molar-refractivity contribution is 6.15. The second-order valence-corrected chi connectivity index (χ2v) is 8.81. The molecule has 1 saturated heterocycles. The molecule has 1 aromatic rings. The maximum absolute atomic E-state index is 12.7. The Kier molecular flexibility index (Phi) is 22.4. The van der Waals surface area contributed by atoms with E-state index in [1.165, 1.54) is 6.38 Å². The summed E-state index contributed by atoms with van der Waals surface area (Å²) in [5.41, 5.74) is 8.65. The standard InChI is InChI=1S/C20H31N3O2.C2H6O.C2H6.CH3Cl.CH4O/c1-13-7-6-8-16(9-13)17(22-25)11-15-10-14(2)23(12-15)19(24)18(21)20(3,4)5;1-3-2;3*1-2/h6-9,14-15,18,25H,10-12,21H2,1-5H3;1-2H3;1-2H3;1H3;2H,1H3/b22-17+;;;;. The molecule has 4 N–H and O–H groups in total. The molecule has 200 valence electrons. The number of aryl methyl sites for hydroxylation is 1. The molecular formula is C26H50ClN3O4. The Balaban J connectivity index is -0.000000945. The fourth-order valence-corrected chi connectivity index (χ4v) is 3.46. The zero-order valence-electron chi connectivity index (χ0n) is 23.2. The number of hydrogen-bond acceptors (Lipinski definition) is 6. The summed E-state index contributed by atoms with van der Waals surface area (Å²) >= 11 is 4.64. The molecule has 0 bridgehead atoms. The monoisotopic (exact) mass is 503 g/mol. The number of methoxy groups -OCH3 is 1. The lowest BCUT2D eigenvalue weighted by atomic mass is 9.86. The molecule has 8 heteroatoms. The Morgan fingerprint density at radius 2 is 1.76 bits per heavy atom. The molecule has 1 amide bonds. The maximum Gasteiger partial charge on any atom is 0.240 e. The van der Waals surface area contributed by atoms with E-state index in [9.17, 15) is 10.0 Å². The van der Waals surface area contributed by atoms with Crippen LogP contribution in [-0.4, -0.2) is 73.2 Å². The number of aliphatic hydroxyl groups excluding tert-OH is 1. The summed E-state index contributed by atoms with van der Waals surface area (Å²) in [5, 5.41) is 20.0. The fraction of sp³-hybridized carbons (Fsp3) is 0.692. The Hall–Kier alpha value is -1.67. The highest BCUT2D eigenvalue weighted by Crippen LogP contribution is 2.30. The number of benzene rings is 1. The number of oxime groups is 1. The third kappa shape index (κ3) is 13.3. The molecule has 3 atom stereocenters. The Morgan fingerprint density at radius 1 is 1.26 bits per heavy atom. The van der Waals surface area contributed by atoms with E-state index in [4.69, 9.17) is 10.8 Å². The molecule has 3 unspecified atom stereocenters. The van der Waals surface area contributed by atoms with Gasteiger partial charge in [0.2, 0.25) is 5.91 Å². The van der Waals surface area contributed by atoms with E-state index in [2.05, 4.69) is 28.4 Å². The van der Waals surface area contributed by atoms with Crippen molar-refractivity contribution < 1.29 is 19.8 Å². The highest BCUT2D eigenvalue weighted by Gasteiger charge is 2.38. The summed E-state index contributed by atoms with van der Waals surface area (Å²) in [4.78, 5) is 14.6. The van der Waals surface area contributed by atoms with Gasteiger partial charge in [0.25, 0.3) is 0 Å². The van der Waals surface area contributed by atoms with Crippen molar-refractivity contribution >= 4 is 23.2 Å². The van der Waals surface area contributed by atoms with E-state index in [-0.39, 0.29) is 23.3 Å². The first-order valence-corrected chi connectivity index (χ1v) is 12.4. The molecule has 0 saturated carbocycles. The number of nitrogens with zero attached hydrogens (tertiary/aromatic N) is 2. The van der Waals surface area contributed by atoms with Crippen LogP contribution in [0.3, 0.4) is 0 Å². The van der Waals surface area contributed by atoms with Crippen LogP contribution in [0.15, 0.2) is 29.4 Å². The normalized spacial score (nSPS) is 17.9. The number of ether oxygens (including phenoxy) is 1. The first kappa shape index (κ1) is 36.9. The minimum atomic E-state index is -0.503. The number of alkyl halides is 1. The summed E-state index contributed by atoms with van der Waals surface area (Å²) < 4.78 is 4.25. The third-order valence-corrected chi connectivity index (χ3v) is 5.10. The van der Waals surface area contributed by atoms with Crippen molar-refractivity contribution in [3.63, 3.8) is 0 Å². The number of amides is 1. The van der Waals surface area contributed by atoms with Crippen LogP contribution in [-0.2, 0) is 9.53 Å². The van der Waals surface area contributed by atoms with Gasteiger partial charge in [0.15, 0.2) is 0 Å². The molecule has 0 spiro atoms. The van der Waals surface area contributed by atoms with Gasteiger partial charge in [-0.3, -0.25) is 4.79 Å². The van der Waals surface area contributed by atoms with Gasteiger partial charge in [0.05, 0.1) is 11.8 Å².